The van der Waals surface area contributed by atoms with Gasteiger partial charge in [0.15, 0.2) is 5.78 Å². The molecule has 1 unspecified atom stereocenters. The summed E-state index contributed by atoms with van der Waals surface area (Å²) in [4.78, 5) is 31.8. The zero-order valence-corrected chi connectivity index (χ0v) is 8.31. The first kappa shape index (κ1) is 13.4. The van der Waals surface area contributed by atoms with E-state index >= 15 is 0 Å². The van der Waals surface area contributed by atoms with E-state index in [1.807, 2.05) is 0 Å². The molecule has 0 saturated heterocycles. The summed E-state index contributed by atoms with van der Waals surface area (Å²) in [6.45, 7) is 3.27. The fourth-order valence-electron chi connectivity index (χ4n) is 1.11. The van der Waals surface area contributed by atoms with Crippen molar-refractivity contribution in [3.8, 4) is 0 Å². The van der Waals surface area contributed by atoms with E-state index in [-0.39, 0.29) is 31.5 Å². The predicted octanol–water partition coefficient (Wildman–Crippen LogP) is 1.09. The summed E-state index contributed by atoms with van der Waals surface area (Å²) >= 11 is 0. The number of carboxylic acids is 2. The number of ketones is 1. The van der Waals surface area contributed by atoms with Gasteiger partial charge in [0.2, 0.25) is 0 Å². The van der Waals surface area contributed by atoms with Crippen molar-refractivity contribution in [1.29, 1.82) is 0 Å². The van der Waals surface area contributed by atoms with Crippen LogP contribution in [0, 0.1) is 5.92 Å². The second-order valence-electron chi connectivity index (χ2n) is 3.18. The van der Waals surface area contributed by atoms with Gasteiger partial charge in [-0.05, 0) is 18.9 Å². The Kier molecular flexibility index (Phi) is 6.01. The second-order valence-corrected chi connectivity index (χ2v) is 3.18. The Balaban J connectivity index is 4.04. The number of carbonyl (C=O) groups excluding carboxylic acids is 1. The molecule has 1 atom stereocenters. The third-order valence-electron chi connectivity index (χ3n) is 2.02. The van der Waals surface area contributed by atoms with Crippen LogP contribution in [0.3, 0.4) is 0 Å². The normalized spacial score (nSPS) is 11.7. The first-order valence-corrected chi connectivity index (χ1v) is 4.57. The molecule has 15 heavy (non-hydrogen) atoms. The van der Waals surface area contributed by atoms with Gasteiger partial charge in [-0.3, -0.25) is 14.4 Å². The molecule has 0 amide bonds. The van der Waals surface area contributed by atoms with Gasteiger partial charge < -0.3 is 10.2 Å². The van der Waals surface area contributed by atoms with Gasteiger partial charge >= 0.3 is 11.9 Å². The third kappa shape index (κ3) is 6.42. The molecule has 0 aliphatic rings. The topological polar surface area (TPSA) is 91.7 Å². The first-order valence-electron chi connectivity index (χ1n) is 4.57. The van der Waals surface area contributed by atoms with Gasteiger partial charge in [-0.2, -0.15) is 0 Å². The number of allylic oxidation sites excluding steroid dienone is 1. The smallest absolute Gasteiger partial charge is 0.306 e. The van der Waals surface area contributed by atoms with E-state index in [1.165, 1.54) is 0 Å². The highest BCUT2D eigenvalue weighted by atomic mass is 16.4. The molecule has 0 fully saturated rings. The molecule has 0 rings (SSSR count). The van der Waals surface area contributed by atoms with Gasteiger partial charge in [-0.1, -0.05) is 6.58 Å². The highest BCUT2D eigenvalue weighted by Gasteiger charge is 2.19. The van der Waals surface area contributed by atoms with E-state index in [4.69, 9.17) is 10.2 Å². The van der Waals surface area contributed by atoms with Gasteiger partial charge in [-0.15, -0.1) is 0 Å². The van der Waals surface area contributed by atoms with E-state index in [2.05, 4.69) is 6.58 Å². The number of hydrogen-bond acceptors (Lipinski definition) is 3. The van der Waals surface area contributed by atoms with Crippen molar-refractivity contribution in [3.05, 3.63) is 12.7 Å². The van der Waals surface area contributed by atoms with E-state index in [9.17, 15) is 14.4 Å². The molecule has 0 saturated carbocycles. The van der Waals surface area contributed by atoms with Gasteiger partial charge in [0.05, 0.1) is 5.92 Å². The van der Waals surface area contributed by atoms with Crippen molar-refractivity contribution in [3.63, 3.8) is 0 Å². The summed E-state index contributed by atoms with van der Waals surface area (Å²) in [5.74, 6) is -3.09. The standard InChI is InChI=1S/C10H14O5/c1-2-8(11)5-3-7(10(14)15)4-6-9(12)13/h2,7H,1,3-6H2,(H,12,13)(H,14,15). The summed E-state index contributed by atoms with van der Waals surface area (Å²) in [6.07, 6.45) is 1.25. The quantitative estimate of drug-likeness (QED) is 0.590. The molecule has 0 radical (unpaired) electrons. The second kappa shape index (κ2) is 6.75. The Morgan fingerprint density at radius 2 is 1.67 bits per heavy atom. The molecule has 0 spiro atoms. The Morgan fingerprint density at radius 3 is 2.07 bits per heavy atom. The summed E-state index contributed by atoms with van der Waals surface area (Å²) in [5, 5.41) is 17.1. The fourth-order valence-corrected chi connectivity index (χ4v) is 1.11. The van der Waals surface area contributed by atoms with Gasteiger partial charge in [0.25, 0.3) is 0 Å². The van der Waals surface area contributed by atoms with Crippen LogP contribution in [0.4, 0.5) is 0 Å². The van der Waals surface area contributed by atoms with Crippen molar-refractivity contribution in [1.82, 2.24) is 0 Å². The molecule has 0 aliphatic heterocycles. The Hall–Kier alpha value is -1.65. The van der Waals surface area contributed by atoms with E-state index < -0.39 is 17.9 Å². The maximum atomic E-state index is 10.8. The van der Waals surface area contributed by atoms with Crippen molar-refractivity contribution in [2.75, 3.05) is 0 Å². The highest BCUT2D eigenvalue weighted by molar-refractivity contribution is 5.89. The summed E-state index contributed by atoms with van der Waals surface area (Å²) in [6, 6.07) is 0. The monoisotopic (exact) mass is 214 g/mol. The summed E-state index contributed by atoms with van der Waals surface area (Å²) in [7, 11) is 0. The average molecular weight is 214 g/mol. The number of rotatable bonds is 8. The molecule has 0 bridgehead atoms. The largest absolute Gasteiger partial charge is 0.481 e. The van der Waals surface area contributed by atoms with Gasteiger partial charge in [0.1, 0.15) is 0 Å². The molecular weight excluding hydrogens is 200 g/mol. The van der Waals surface area contributed by atoms with Crippen molar-refractivity contribution < 1.29 is 24.6 Å². The van der Waals surface area contributed by atoms with Gasteiger partial charge in [-0.25, -0.2) is 0 Å². The molecule has 0 aliphatic carbocycles. The Morgan fingerprint density at radius 1 is 1.13 bits per heavy atom. The minimum absolute atomic E-state index is 0.0507. The van der Waals surface area contributed by atoms with E-state index in [0.717, 1.165) is 6.08 Å². The lowest BCUT2D eigenvalue weighted by molar-refractivity contribution is -0.143. The van der Waals surface area contributed by atoms with Gasteiger partial charge in [0, 0.05) is 12.8 Å². The van der Waals surface area contributed by atoms with Crippen LogP contribution in [0.1, 0.15) is 25.7 Å². The van der Waals surface area contributed by atoms with Crippen LogP contribution in [-0.2, 0) is 14.4 Å². The lowest BCUT2D eigenvalue weighted by atomic mass is 9.96. The molecule has 0 aromatic rings. The maximum absolute atomic E-state index is 10.8. The summed E-state index contributed by atoms with van der Waals surface area (Å²) in [5.41, 5.74) is 0. The summed E-state index contributed by atoms with van der Waals surface area (Å²) < 4.78 is 0. The molecule has 2 N–H and O–H groups in total. The molecule has 0 heterocycles. The predicted molar refractivity (Wildman–Crippen MR) is 52.4 cm³/mol. The van der Waals surface area contributed by atoms with Crippen LogP contribution in [0.5, 0.6) is 0 Å². The molecule has 0 aromatic heterocycles. The number of hydrogen-bond donors (Lipinski definition) is 2. The third-order valence-corrected chi connectivity index (χ3v) is 2.02. The average Bonchev–Trinajstić information content (AvgIpc) is 2.16. The molecule has 84 valence electrons. The minimum Gasteiger partial charge on any atom is -0.481 e. The van der Waals surface area contributed by atoms with E-state index in [1.54, 1.807) is 0 Å². The Bertz CT molecular complexity index is 269. The van der Waals surface area contributed by atoms with Crippen molar-refractivity contribution >= 4 is 17.7 Å². The highest BCUT2D eigenvalue weighted by Crippen LogP contribution is 2.14. The van der Waals surface area contributed by atoms with Crippen LogP contribution >= 0.6 is 0 Å². The SMILES string of the molecule is C=CC(=O)CCC(CCC(=O)O)C(=O)O. The van der Waals surface area contributed by atoms with Crippen molar-refractivity contribution in [2.24, 2.45) is 5.92 Å². The van der Waals surface area contributed by atoms with E-state index in [0.29, 0.717) is 0 Å². The van der Waals surface area contributed by atoms with Crippen molar-refractivity contribution in [2.45, 2.75) is 25.7 Å². The first-order chi connectivity index (χ1) is 6.97. The zero-order valence-electron chi connectivity index (χ0n) is 8.31. The van der Waals surface area contributed by atoms with Crippen LogP contribution in [0.25, 0.3) is 0 Å². The minimum atomic E-state index is -1.06. The van der Waals surface area contributed by atoms with Crippen LogP contribution in [0.2, 0.25) is 0 Å². The molecule has 5 nitrogen and oxygen atoms in total. The number of carboxylic acid groups (broad SMARTS) is 2. The molecule has 5 heteroatoms. The number of aliphatic carboxylic acids is 2. The number of carbonyl (C=O) groups is 3. The molecular formula is C10H14O5. The zero-order chi connectivity index (χ0) is 11.8. The van der Waals surface area contributed by atoms with Crippen LogP contribution in [0.15, 0.2) is 12.7 Å². The maximum Gasteiger partial charge on any atom is 0.306 e. The lowest BCUT2D eigenvalue weighted by Gasteiger charge is -2.09. The molecule has 0 aromatic carbocycles. The van der Waals surface area contributed by atoms with Crippen LogP contribution < -0.4 is 0 Å². The van der Waals surface area contributed by atoms with Crippen LogP contribution in [-0.4, -0.2) is 27.9 Å². The Labute approximate surface area is 87.4 Å². The lowest BCUT2D eigenvalue weighted by Crippen LogP contribution is -2.16. The fraction of sp³-hybridized carbons (Fsp3) is 0.500.